The van der Waals surface area contributed by atoms with Gasteiger partial charge in [-0.3, -0.25) is 0 Å². The fourth-order valence-electron chi connectivity index (χ4n) is 2.46. The van der Waals surface area contributed by atoms with Crippen molar-refractivity contribution in [1.29, 1.82) is 0 Å². The third-order valence-electron chi connectivity index (χ3n) is 4.02. The number of rotatable bonds is 4. The van der Waals surface area contributed by atoms with Crippen molar-refractivity contribution in [3.63, 3.8) is 0 Å². The van der Waals surface area contributed by atoms with Crippen LogP contribution in [0.1, 0.15) is 20.8 Å². The van der Waals surface area contributed by atoms with Gasteiger partial charge in [0.15, 0.2) is 17.5 Å². The van der Waals surface area contributed by atoms with E-state index in [-0.39, 0.29) is 23.7 Å². The Hall–Kier alpha value is -2.61. The van der Waals surface area contributed by atoms with Gasteiger partial charge in [0.05, 0.1) is 25.0 Å². The average molecular weight is 347 g/mol. The second-order valence-corrected chi connectivity index (χ2v) is 6.89. The SMILES string of the molecule is CC(C)(C)C(CO)Nc1nc(-c2c[nH]c3ncc(F)cc23)ncc1F. The molecular weight excluding hydrogens is 328 g/mol. The second-order valence-electron chi connectivity index (χ2n) is 6.89. The van der Waals surface area contributed by atoms with Gasteiger partial charge in [-0.05, 0) is 11.5 Å². The van der Waals surface area contributed by atoms with E-state index < -0.39 is 17.7 Å². The van der Waals surface area contributed by atoms with Crippen molar-refractivity contribution in [2.24, 2.45) is 5.41 Å². The summed E-state index contributed by atoms with van der Waals surface area (Å²) in [5.41, 5.74) is 0.697. The number of nitrogens with zero attached hydrogens (tertiary/aromatic N) is 3. The zero-order valence-corrected chi connectivity index (χ0v) is 14.1. The van der Waals surface area contributed by atoms with Gasteiger partial charge in [-0.1, -0.05) is 20.8 Å². The molecule has 3 aromatic rings. The molecule has 3 aromatic heterocycles. The number of anilines is 1. The van der Waals surface area contributed by atoms with Crippen LogP contribution in [0, 0.1) is 17.0 Å². The molecule has 0 aliphatic rings. The van der Waals surface area contributed by atoms with Crippen LogP contribution in [0.5, 0.6) is 0 Å². The van der Waals surface area contributed by atoms with Gasteiger partial charge >= 0.3 is 0 Å². The monoisotopic (exact) mass is 347 g/mol. The smallest absolute Gasteiger partial charge is 0.183 e. The molecular formula is C17H19F2N5O. The number of hydrogen-bond donors (Lipinski definition) is 3. The molecule has 0 saturated heterocycles. The molecule has 3 N–H and O–H groups in total. The molecule has 0 amide bonds. The van der Waals surface area contributed by atoms with Crippen LogP contribution >= 0.6 is 0 Å². The fraction of sp³-hybridized carbons (Fsp3) is 0.353. The van der Waals surface area contributed by atoms with E-state index in [0.29, 0.717) is 16.6 Å². The Morgan fingerprint density at radius 3 is 2.68 bits per heavy atom. The predicted octanol–water partition coefficient (Wildman–Crippen LogP) is 3.12. The van der Waals surface area contributed by atoms with Gasteiger partial charge < -0.3 is 15.4 Å². The first kappa shape index (κ1) is 17.2. The maximum absolute atomic E-state index is 14.1. The lowest BCUT2D eigenvalue weighted by atomic mass is 9.87. The summed E-state index contributed by atoms with van der Waals surface area (Å²) in [6.07, 6.45) is 3.75. The van der Waals surface area contributed by atoms with E-state index >= 15 is 0 Å². The van der Waals surface area contributed by atoms with Crippen molar-refractivity contribution in [1.82, 2.24) is 19.9 Å². The third kappa shape index (κ3) is 3.43. The Kier molecular flexibility index (Phi) is 4.38. The highest BCUT2D eigenvalue weighted by atomic mass is 19.1. The zero-order valence-electron chi connectivity index (χ0n) is 14.1. The maximum atomic E-state index is 14.1. The van der Waals surface area contributed by atoms with Crippen LogP contribution in [0.2, 0.25) is 0 Å². The topological polar surface area (TPSA) is 86.7 Å². The number of aliphatic hydroxyl groups excluding tert-OH is 1. The third-order valence-corrected chi connectivity index (χ3v) is 4.02. The van der Waals surface area contributed by atoms with Crippen molar-refractivity contribution in [2.45, 2.75) is 26.8 Å². The number of halogens is 2. The van der Waals surface area contributed by atoms with E-state index in [1.165, 1.54) is 6.07 Å². The Labute approximate surface area is 143 Å². The first-order chi connectivity index (χ1) is 11.8. The largest absolute Gasteiger partial charge is 0.394 e. The van der Waals surface area contributed by atoms with Crippen LogP contribution in [0.4, 0.5) is 14.6 Å². The number of H-pyrrole nitrogens is 1. The number of fused-ring (bicyclic) bond motifs is 1. The molecule has 1 atom stereocenters. The summed E-state index contributed by atoms with van der Waals surface area (Å²) < 4.78 is 27.6. The average Bonchev–Trinajstić information content (AvgIpc) is 2.96. The molecule has 132 valence electrons. The summed E-state index contributed by atoms with van der Waals surface area (Å²) in [7, 11) is 0. The minimum atomic E-state index is -0.629. The molecule has 8 heteroatoms. The van der Waals surface area contributed by atoms with Crippen LogP contribution in [0.3, 0.4) is 0 Å². The fourth-order valence-corrected chi connectivity index (χ4v) is 2.46. The van der Waals surface area contributed by atoms with Crippen LogP contribution in [-0.4, -0.2) is 37.7 Å². The van der Waals surface area contributed by atoms with Gasteiger partial charge in [-0.15, -0.1) is 0 Å². The Bertz CT molecular complexity index is 904. The van der Waals surface area contributed by atoms with Crippen molar-refractivity contribution in [3.8, 4) is 11.4 Å². The van der Waals surface area contributed by atoms with Crippen LogP contribution in [0.15, 0.2) is 24.7 Å². The summed E-state index contributed by atoms with van der Waals surface area (Å²) in [4.78, 5) is 15.1. The molecule has 0 bridgehead atoms. The molecule has 25 heavy (non-hydrogen) atoms. The van der Waals surface area contributed by atoms with Crippen molar-refractivity contribution in [2.75, 3.05) is 11.9 Å². The number of aliphatic hydroxyl groups is 1. The van der Waals surface area contributed by atoms with Crippen LogP contribution in [0.25, 0.3) is 22.4 Å². The summed E-state index contributed by atoms with van der Waals surface area (Å²) in [6, 6.07) is 0.923. The van der Waals surface area contributed by atoms with Crippen molar-refractivity contribution < 1.29 is 13.9 Å². The van der Waals surface area contributed by atoms with E-state index in [9.17, 15) is 13.9 Å². The zero-order chi connectivity index (χ0) is 18.2. The summed E-state index contributed by atoms with van der Waals surface area (Å²) in [6.45, 7) is 5.60. The lowest BCUT2D eigenvalue weighted by Crippen LogP contribution is -2.37. The predicted molar refractivity (Wildman–Crippen MR) is 91.0 cm³/mol. The molecule has 3 rings (SSSR count). The highest BCUT2D eigenvalue weighted by Gasteiger charge is 2.25. The molecule has 0 fully saturated rings. The summed E-state index contributed by atoms with van der Waals surface area (Å²) in [5, 5.41) is 13.0. The number of pyridine rings is 1. The van der Waals surface area contributed by atoms with Crippen molar-refractivity contribution in [3.05, 3.63) is 36.3 Å². The highest BCUT2D eigenvalue weighted by Crippen LogP contribution is 2.28. The van der Waals surface area contributed by atoms with Crippen molar-refractivity contribution >= 4 is 16.9 Å². The quantitative estimate of drug-likeness (QED) is 0.675. The van der Waals surface area contributed by atoms with Crippen LogP contribution < -0.4 is 5.32 Å². The molecule has 3 heterocycles. The number of nitrogens with one attached hydrogen (secondary N) is 2. The molecule has 0 aliphatic heterocycles. The highest BCUT2D eigenvalue weighted by molar-refractivity contribution is 5.91. The number of hydrogen-bond acceptors (Lipinski definition) is 5. The van der Waals surface area contributed by atoms with Crippen LogP contribution in [-0.2, 0) is 0 Å². The molecule has 1 unspecified atom stereocenters. The van der Waals surface area contributed by atoms with Gasteiger partial charge in [-0.2, -0.15) is 0 Å². The Morgan fingerprint density at radius 2 is 2.00 bits per heavy atom. The Balaban J connectivity index is 2.02. The van der Waals surface area contributed by atoms with Gasteiger partial charge in [0.2, 0.25) is 0 Å². The number of aromatic amines is 1. The van der Waals surface area contributed by atoms with E-state index in [0.717, 1.165) is 12.4 Å². The van der Waals surface area contributed by atoms with Gasteiger partial charge in [0.1, 0.15) is 11.5 Å². The first-order valence-corrected chi connectivity index (χ1v) is 7.82. The van der Waals surface area contributed by atoms with Gasteiger partial charge in [0.25, 0.3) is 0 Å². The van der Waals surface area contributed by atoms with Gasteiger partial charge in [-0.25, -0.2) is 23.7 Å². The maximum Gasteiger partial charge on any atom is 0.183 e. The van der Waals surface area contributed by atoms with Gasteiger partial charge in [0, 0.05) is 17.1 Å². The molecule has 0 spiro atoms. The van der Waals surface area contributed by atoms with E-state index in [1.54, 1.807) is 6.20 Å². The normalized spacial score (nSPS) is 13.2. The number of aromatic nitrogens is 4. The molecule has 6 nitrogen and oxygen atoms in total. The second kappa shape index (κ2) is 6.36. The standard InChI is InChI=1S/C17H19F2N5O/c1-17(2,3)13(8-25)23-16-12(19)7-22-15(24-16)11-6-21-14-10(11)4-9(18)5-20-14/h4-7,13,25H,8H2,1-3H3,(H,20,21)(H,22,23,24). The molecule has 0 aromatic carbocycles. The minimum absolute atomic E-state index is 0.0160. The summed E-state index contributed by atoms with van der Waals surface area (Å²) >= 11 is 0. The molecule has 0 radical (unpaired) electrons. The Morgan fingerprint density at radius 1 is 1.24 bits per heavy atom. The lowest BCUT2D eigenvalue weighted by Gasteiger charge is -2.30. The van der Waals surface area contributed by atoms with E-state index in [2.05, 4.69) is 25.3 Å². The van der Waals surface area contributed by atoms with E-state index in [4.69, 9.17) is 0 Å². The molecule has 0 aliphatic carbocycles. The molecule has 0 saturated carbocycles. The first-order valence-electron chi connectivity index (χ1n) is 7.82. The lowest BCUT2D eigenvalue weighted by molar-refractivity contribution is 0.201. The summed E-state index contributed by atoms with van der Waals surface area (Å²) in [5.74, 6) is -0.900. The van der Waals surface area contributed by atoms with E-state index in [1.807, 2.05) is 20.8 Å². The minimum Gasteiger partial charge on any atom is -0.394 e.